The number of hydrogen-bond donors (Lipinski definition) is 1. The molecule has 2 aromatic carbocycles. The fourth-order valence-corrected chi connectivity index (χ4v) is 2.52. The van der Waals surface area contributed by atoms with Gasteiger partial charge in [-0.05, 0) is 49.6 Å². The van der Waals surface area contributed by atoms with Crippen molar-refractivity contribution in [2.75, 3.05) is 7.05 Å². The summed E-state index contributed by atoms with van der Waals surface area (Å²) >= 11 is 6.23. The monoisotopic (exact) mass is 273 g/mol. The molecule has 2 rings (SSSR count). The Hall–Kier alpha value is -1.31. The van der Waals surface area contributed by atoms with Crippen molar-refractivity contribution >= 4 is 11.6 Å². The van der Waals surface area contributed by atoms with Crippen LogP contribution in [0.2, 0.25) is 5.02 Å². The van der Waals surface area contributed by atoms with Crippen molar-refractivity contribution in [2.24, 2.45) is 0 Å². The fraction of sp³-hybridized carbons (Fsp3) is 0.294. The van der Waals surface area contributed by atoms with Gasteiger partial charge in [-0.15, -0.1) is 0 Å². The van der Waals surface area contributed by atoms with E-state index in [1.165, 1.54) is 16.7 Å². The van der Waals surface area contributed by atoms with Crippen LogP contribution in [0.3, 0.4) is 0 Å². The molecule has 0 saturated carbocycles. The van der Waals surface area contributed by atoms with E-state index in [-0.39, 0.29) is 0 Å². The first kappa shape index (κ1) is 14.1. The zero-order valence-electron chi connectivity index (χ0n) is 11.5. The number of nitrogens with one attached hydrogen (secondary N) is 1. The van der Waals surface area contributed by atoms with Gasteiger partial charge < -0.3 is 5.32 Å². The third-order valence-electron chi connectivity index (χ3n) is 3.56. The van der Waals surface area contributed by atoms with Crippen molar-refractivity contribution in [1.82, 2.24) is 5.32 Å². The predicted octanol–water partition coefficient (Wildman–Crippen LogP) is 4.02. The molecule has 100 valence electrons. The van der Waals surface area contributed by atoms with E-state index in [0.29, 0.717) is 6.04 Å². The second-order valence-electron chi connectivity index (χ2n) is 4.91. The quantitative estimate of drug-likeness (QED) is 0.868. The Kier molecular flexibility index (Phi) is 5.00. The van der Waals surface area contributed by atoms with Crippen molar-refractivity contribution < 1.29 is 0 Å². The van der Waals surface area contributed by atoms with Crippen LogP contribution in [0.15, 0.2) is 48.5 Å². The molecule has 0 saturated heterocycles. The third-order valence-corrected chi connectivity index (χ3v) is 3.93. The van der Waals surface area contributed by atoms with Gasteiger partial charge in [0.25, 0.3) is 0 Å². The number of aryl methyl sites for hydroxylation is 1. The van der Waals surface area contributed by atoms with Gasteiger partial charge in [0.2, 0.25) is 0 Å². The van der Waals surface area contributed by atoms with Gasteiger partial charge in [0.05, 0.1) is 0 Å². The average molecular weight is 274 g/mol. The molecule has 1 unspecified atom stereocenters. The lowest BCUT2D eigenvalue weighted by atomic mass is 9.96. The van der Waals surface area contributed by atoms with E-state index in [2.05, 4.69) is 42.6 Å². The largest absolute Gasteiger partial charge is 0.316 e. The van der Waals surface area contributed by atoms with E-state index in [4.69, 9.17) is 11.6 Å². The first-order valence-electron chi connectivity index (χ1n) is 6.66. The Morgan fingerprint density at radius 2 is 1.53 bits per heavy atom. The minimum Gasteiger partial charge on any atom is -0.316 e. The van der Waals surface area contributed by atoms with Crippen molar-refractivity contribution in [3.8, 4) is 0 Å². The first-order valence-corrected chi connectivity index (χ1v) is 7.03. The van der Waals surface area contributed by atoms with E-state index in [1.807, 2.05) is 25.2 Å². The summed E-state index contributed by atoms with van der Waals surface area (Å²) in [6.07, 6.45) is 1.97. The zero-order valence-corrected chi connectivity index (χ0v) is 12.2. The number of benzene rings is 2. The number of likely N-dealkylation sites (N-methyl/N-ethyl adjacent to an activating group) is 1. The molecule has 0 spiro atoms. The second-order valence-corrected chi connectivity index (χ2v) is 5.32. The summed E-state index contributed by atoms with van der Waals surface area (Å²) in [5.41, 5.74) is 3.95. The van der Waals surface area contributed by atoms with E-state index in [0.717, 1.165) is 17.9 Å². The average Bonchev–Trinajstić information content (AvgIpc) is 2.42. The Morgan fingerprint density at radius 1 is 0.947 bits per heavy atom. The molecule has 0 heterocycles. The van der Waals surface area contributed by atoms with Gasteiger partial charge in [0.1, 0.15) is 0 Å². The maximum Gasteiger partial charge on any atom is 0.0438 e. The van der Waals surface area contributed by atoms with Crippen molar-refractivity contribution in [3.05, 3.63) is 70.2 Å². The molecule has 0 bridgehead atoms. The summed E-state index contributed by atoms with van der Waals surface area (Å²) < 4.78 is 0. The summed E-state index contributed by atoms with van der Waals surface area (Å²) in [4.78, 5) is 0. The molecule has 1 N–H and O–H groups in total. The lowest BCUT2D eigenvalue weighted by molar-refractivity contribution is 0.555. The summed E-state index contributed by atoms with van der Waals surface area (Å²) in [7, 11) is 2.01. The van der Waals surface area contributed by atoms with Gasteiger partial charge in [-0.3, -0.25) is 0 Å². The lowest BCUT2D eigenvalue weighted by Gasteiger charge is -2.18. The summed E-state index contributed by atoms with van der Waals surface area (Å²) in [6.45, 7) is 2.16. The van der Waals surface area contributed by atoms with Crippen LogP contribution in [0.4, 0.5) is 0 Å². The van der Waals surface area contributed by atoms with Gasteiger partial charge in [-0.1, -0.05) is 54.1 Å². The molecule has 0 aliphatic rings. The van der Waals surface area contributed by atoms with Crippen LogP contribution < -0.4 is 5.32 Å². The van der Waals surface area contributed by atoms with Crippen LogP contribution >= 0.6 is 11.6 Å². The van der Waals surface area contributed by atoms with E-state index >= 15 is 0 Å². The highest BCUT2D eigenvalue weighted by atomic mass is 35.5. The van der Waals surface area contributed by atoms with Gasteiger partial charge in [-0.25, -0.2) is 0 Å². The van der Waals surface area contributed by atoms with E-state index in [9.17, 15) is 0 Å². The van der Waals surface area contributed by atoms with E-state index in [1.54, 1.807) is 0 Å². The predicted molar refractivity (Wildman–Crippen MR) is 82.9 cm³/mol. The van der Waals surface area contributed by atoms with Crippen LogP contribution in [0.1, 0.15) is 16.7 Å². The maximum absolute atomic E-state index is 6.23. The number of rotatable bonds is 5. The molecule has 19 heavy (non-hydrogen) atoms. The molecular formula is C17H20ClN. The summed E-state index contributed by atoms with van der Waals surface area (Å²) in [6, 6.07) is 17.0. The highest BCUT2D eigenvalue weighted by Gasteiger charge is 2.11. The molecule has 1 atom stereocenters. The lowest BCUT2D eigenvalue weighted by Crippen LogP contribution is -2.30. The molecule has 2 heteroatoms. The van der Waals surface area contributed by atoms with Gasteiger partial charge >= 0.3 is 0 Å². The summed E-state index contributed by atoms with van der Waals surface area (Å²) in [5, 5.41) is 4.25. The van der Waals surface area contributed by atoms with Crippen LogP contribution in [0.5, 0.6) is 0 Å². The molecule has 0 amide bonds. The smallest absolute Gasteiger partial charge is 0.0438 e. The molecule has 0 radical (unpaired) electrons. The normalized spacial score (nSPS) is 12.4. The van der Waals surface area contributed by atoms with Crippen molar-refractivity contribution in [1.29, 1.82) is 0 Å². The van der Waals surface area contributed by atoms with E-state index < -0.39 is 0 Å². The topological polar surface area (TPSA) is 12.0 Å². The van der Waals surface area contributed by atoms with Crippen LogP contribution in [0.25, 0.3) is 0 Å². The molecule has 2 aromatic rings. The van der Waals surface area contributed by atoms with Gasteiger partial charge in [0, 0.05) is 11.1 Å². The first-order chi connectivity index (χ1) is 9.20. The highest BCUT2D eigenvalue weighted by molar-refractivity contribution is 6.31. The minimum absolute atomic E-state index is 0.404. The molecular weight excluding hydrogens is 254 g/mol. The van der Waals surface area contributed by atoms with Crippen LogP contribution in [0, 0.1) is 6.92 Å². The van der Waals surface area contributed by atoms with Crippen molar-refractivity contribution in [3.63, 3.8) is 0 Å². The molecule has 0 fully saturated rings. The molecule has 0 aliphatic carbocycles. The molecule has 0 aromatic heterocycles. The Labute approximate surface area is 120 Å². The highest BCUT2D eigenvalue weighted by Crippen LogP contribution is 2.18. The maximum atomic E-state index is 6.23. The Morgan fingerprint density at radius 3 is 2.16 bits per heavy atom. The van der Waals surface area contributed by atoms with Gasteiger partial charge in [0.15, 0.2) is 0 Å². The zero-order chi connectivity index (χ0) is 13.7. The minimum atomic E-state index is 0.404. The third kappa shape index (κ3) is 3.82. The second kappa shape index (κ2) is 6.74. The molecule has 1 nitrogen and oxygen atoms in total. The standard InChI is InChI=1S/C17H20ClN/c1-13-7-3-4-8-14(13)11-16(19-2)12-15-9-5-6-10-17(15)18/h3-10,16,19H,11-12H2,1-2H3. The Bertz CT molecular complexity index is 489. The SMILES string of the molecule is CNC(Cc1ccccc1C)Cc1ccccc1Cl. The summed E-state index contributed by atoms with van der Waals surface area (Å²) in [5.74, 6) is 0. The van der Waals surface area contributed by atoms with Crippen LogP contribution in [-0.4, -0.2) is 13.1 Å². The van der Waals surface area contributed by atoms with Crippen LogP contribution in [-0.2, 0) is 12.8 Å². The Balaban J connectivity index is 2.09. The van der Waals surface area contributed by atoms with Gasteiger partial charge in [-0.2, -0.15) is 0 Å². The fourth-order valence-electron chi connectivity index (χ4n) is 2.31. The molecule has 0 aliphatic heterocycles. The van der Waals surface area contributed by atoms with Crippen molar-refractivity contribution in [2.45, 2.75) is 25.8 Å². The number of halogens is 1. The number of hydrogen-bond acceptors (Lipinski definition) is 1.